The maximum Gasteiger partial charge on any atom is 0.341 e. The number of carbonyl (C=O) groups excluding carboxylic acids is 1. The van der Waals surface area contributed by atoms with E-state index in [0.29, 0.717) is 29.7 Å². The van der Waals surface area contributed by atoms with Gasteiger partial charge in [0.05, 0.1) is 18.5 Å². The predicted octanol–water partition coefficient (Wildman–Crippen LogP) is 1.58. The standard InChI is InChI=1S/C15H23N3O3/c1-2-21-15(20)13-9-11(16)10-17-14(13)18-7-3-5-12(18)6-4-8-19/h9-10,12,19H,2-8,16H2,1H3. The Morgan fingerprint density at radius 3 is 3.14 bits per heavy atom. The number of esters is 1. The molecule has 0 spiro atoms. The van der Waals surface area contributed by atoms with Crippen molar-refractivity contribution in [2.45, 2.75) is 38.6 Å². The van der Waals surface area contributed by atoms with Crippen LogP contribution in [0.25, 0.3) is 0 Å². The van der Waals surface area contributed by atoms with E-state index >= 15 is 0 Å². The van der Waals surface area contributed by atoms with Crippen molar-refractivity contribution in [3.05, 3.63) is 17.8 Å². The van der Waals surface area contributed by atoms with Gasteiger partial charge < -0.3 is 20.5 Å². The second-order valence-electron chi connectivity index (χ2n) is 5.22. The number of nitrogen functional groups attached to an aromatic ring is 1. The molecule has 116 valence electrons. The van der Waals surface area contributed by atoms with Gasteiger partial charge in [-0.3, -0.25) is 0 Å². The van der Waals surface area contributed by atoms with Crippen LogP contribution >= 0.6 is 0 Å². The number of rotatable bonds is 6. The third-order valence-electron chi connectivity index (χ3n) is 3.73. The lowest BCUT2D eigenvalue weighted by Crippen LogP contribution is -2.32. The molecule has 1 aromatic heterocycles. The summed E-state index contributed by atoms with van der Waals surface area (Å²) in [7, 11) is 0. The molecular formula is C15H23N3O3. The Kier molecular flexibility index (Phi) is 5.38. The Hall–Kier alpha value is -1.82. The zero-order valence-electron chi connectivity index (χ0n) is 12.4. The zero-order chi connectivity index (χ0) is 15.2. The van der Waals surface area contributed by atoms with Crippen LogP contribution in [0.15, 0.2) is 12.3 Å². The van der Waals surface area contributed by atoms with Crippen molar-refractivity contribution in [2.75, 3.05) is 30.4 Å². The van der Waals surface area contributed by atoms with E-state index in [4.69, 9.17) is 15.6 Å². The molecule has 21 heavy (non-hydrogen) atoms. The van der Waals surface area contributed by atoms with Crippen LogP contribution in [0.3, 0.4) is 0 Å². The van der Waals surface area contributed by atoms with Crippen LogP contribution in [0, 0.1) is 0 Å². The molecule has 0 bridgehead atoms. The summed E-state index contributed by atoms with van der Waals surface area (Å²) in [6.45, 7) is 3.14. The average Bonchev–Trinajstić information content (AvgIpc) is 2.93. The van der Waals surface area contributed by atoms with Crippen LogP contribution in [0.2, 0.25) is 0 Å². The van der Waals surface area contributed by atoms with Crippen molar-refractivity contribution in [2.24, 2.45) is 0 Å². The van der Waals surface area contributed by atoms with Gasteiger partial charge in [-0.05, 0) is 38.7 Å². The first-order valence-electron chi connectivity index (χ1n) is 7.47. The fourth-order valence-corrected chi connectivity index (χ4v) is 2.80. The maximum atomic E-state index is 12.1. The van der Waals surface area contributed by atoms with Gasteiger partial charge in [0.15, 0.2) is 0 Å². The summed E-state index contributed by atoms with van der Waals surface area (Å²) in [5, 5.41) is 9.01. The molecule has 1 fully saturated rings. The zero-order valence-corrected chi connectivity index (χ0v) is 12.4. The molecule has 6 nitrogen and oxygen atoms in total. The normalized spacial score (nSPS) is 18.0. The number of hydrogen-bond acceptors (Lipinski definition) is 6. The monoisotopic (exact) mass is 293 g/mol. The van der Waals surface area contributed by atoms with Crippen LogP contribution < -0.4 is 10.6 Å². The number of pyridine rings is 1. The lowest BCUT2D eigenvalue weighted by molar-refractivity contribution is 0.0526. The second kappa shape index (κ2) is 7.26. The van der Waals surface area contributed by atoms with Crippen LogP contribution in [0.1, 0.15) is 43.0 Å². The largest absolute Gasteiger partial charge is 0.462 e. The lowest BCUT2D eigenvalue weighted by Gasteiger charge is -2.27. The first kappa shape index (κ1) is 15.6. The summed E-state index contributed by atoms with van der Waals surface area (Å²) < 4.78 is 5.10. The molecule has 6 heteroatoms. The Balaban J connectivity index is 2.27. The van der Waals surface area contributed by atoms with Crippen LogP contribution in [-0.2, 0) is 4.74 Å². The molecule has 1 atom stereocenters. The summed E-state index contributed by atoms with van der Waals surface area (Å²) >= 11 is 0. The number of nitrogens with zero attached hydrogens (tertiary/aromatic N) is 2. The minimum absolute atomic E-state index is 0.185. The number of aromatic nitrogens is 1. The fraction of sp³-hybridized carbons (Fsp3) is 0.600. The molecule has 3 N–H and O–H groups in total. The summed E-state index contributed by atoms with van der Waals surface area (Å²) in [5.41, 5.74) is 6.63. The van der Waals surface area contributed by atoms with Gasteiger partial charge in [0.1, 0.15) is 11.4 Å². The number of anilines is 2. The van der Waals surface area contributed by atoms with E-state index in [9.17, 15) is 4.79 Å². The number of aliphatic hydroxyl groups excluding tert-OH is 1. The maximum absolute atomic E-state index is 12.1. The van der Waals surface area contributed by atoms with E-state index in [1.807, 2.05) is 0 Å². The Bertz CT molecular complexity index is 493. The number of hydrogen-bond donors (Lipinski definition) is 2. The predicted molar refractivity (Wildman–Crippen MR) is 81.3 cm³/mol. The van der Waals surface area contributed by atoms with E-state index in [1.165, 1.54) is 0 Å². The van der Waals surface area contributed by atoms with E-state index in [2.05, 4.69) is 9.88 Å². The SMILES string of the molecule is CCOC(=O)c1cc(N)cnc1N1CCCC1CCCO. The van der Waals surface area contributed by atoms with Gasteiger partial charge in [0, 0.05) is 19.2 Å². The topological polar surface area (TPSA) is 88.7 Å². The van der Waals surface area contributed by atoms with Crippen molar-refractivity contribution in [1.29, 1.82) is 0 Å². The molecule has 0 saturated carbocycles. The molecule has 0 aliphatic carbocycles. The van der Waals surface area contributed by atoms with E-state index in [0.717, 1.165) is 32.2 Å². The van der Waals surface area contributed by atoms with E-state index in [1.54, 1.807) is 19.2 Å². The molecule has 2 rings (SSSR count). The number of ether oxygens (including phenoxy) is 1. The van der Waals surface area contributed by atoms with Crippen molar-refractivity contribution in [3.63, 3.8) is 0 Å². The Labute approximate surface area is 124 Å². The van der Waals surface area contributed by atoms with Crippen LogP contribution in [0.4, 0.5) is 11.5 Å². The Morgan fingerprint density at radius 2 is 2.43 bits per heavy atom. The number of nitrogens with two attached hydrogens (primary N) is 1. The molecular weight excluding hydrogens is 270 g/mol. The molecule has 0 radical (unpaired) electrons. The van der Waals surface area contributed by atoms with Crippen molar-refractivity contribution in [3.8, 4) is 0 Å². The van der Waals surface area contributed by atoms with Gasteiger partial charge in [-0.2, -0.15) is 0 Å². The van der Waals surface area contributed by atoms with E-state index in [-0.39, 0.29) is 12.6 Å². The van der Waals surface area contributed by atoms with Gasteiger partial charge in [0.2, 0.25) is 0 Å². The summed E-state index contributed by atoms with van der Waals surface area (Å²) in [4.78, 5) is 18.6. The third-order valence-corrected chi connectivity index (χ3v) is 3.73. The highest BCUT2D eigenvalue weighted by molar-refractivity contribution is 5.95. The minimum Gasteiger partial charge on any atom is -0.462 e. The molecule has 2 heterocycles. The quantitative estimate of drug-likeness (QED) is 0.774. The van der Waals surface area contributed by atoms with Crippen molar-refractivity contribution in [1.82, 2.24) is 4.98 Å². The summed E-state index contributed by atoms with van der Waals surface area (Å²) in [6.07, 6.45) is 5.33. The average molecular weight is 293 g/mol. The van der Waals surface area contributed by atoms with Crippen molar-refractivity contribution >= 4 is 17.5 Å². The molecule has 1 aliphatic rings. The van der Waals surface area contributed by atoms with Gasteiger partial charge >= 0.3 is 5.97 Å². The molecule has 1 saturated heterocycles. The van der Waals surface area contributed by atoms with Gasteiger partial charge in [-0.25, -0.2) is 9.78 Å². The third kappa shape index (κ3) is 3.64. The molecule has 1 aliphatic heterocycles. The molecule has 0 aromatic carbocycles. The molecule has 1 unspecified atom stereocenters. The van der Waals surface area contributed by atoms with Crippen LogP contribution in [0.5, 0.6) is 0 Å². The first-order valence-corrected chi connectivity index (χ1v) is 7.47. The van der Waals surface area contributed by atoms with Gasteiger partial charge in [-0.1, -0.05) is 0 Å². The number of aliphatic hydroxyl groups is 1. The summed E-state index contributed by atoms with van der Waals surface area (Å²) in [6, 6.07) is 1.93. The van der Waals surface area contributed by atoms with E-state index < -0.39 is 0 Å². The smallest absolute Gasteiger partial charge is 0.341 e. The molecule has 0 amide bonds. The fourth-order valence-electron chi connectivity index (χ4n) is 2.80. The number of carbonyl (C=O) groups is 1. The highest BCUT2D eigenvalue weighted by Gasteiger charge is 2.29. The lowest BCUT2D eigenvalue weighted by atomic mass is 10.1. The Morgan fingerprint density at radius 1 is 1.62 bits per heavy atom. The summed E-state index contributed by atoms with van der Waals surface area (Å²) in [5.74, 6) is 0.253. The van der Waals surface area contributed by atoms with Crippen LogP contribution in [-0.4, -0.2) is 41.9 Å². The second-order valence-corrected chi connectivity index (χ2v) is 5.22. The van der Waals surface area contributed by atoms with Crippen molar-refractivity contribution < 1.29 is 14.6 Å². The molecule has 1 aromatic rings. The first-order chi connectivity index (χ1) is 10.2. The highest BCUT2D eigenvalue weighted by Crippen LogP contribution is 2.30. The van der Waals surface area contributed by atoms with Gasteiger partial charge in [-0.15, -0.1) is 0 Å². The minimum atomic E-state index is -0.389. The highest BCUT2D eigenvalue weighted by atomic mass is 16.5. The van der Waals surface area contributed by atoms with Gasteiger partial charge in [0.25, 0.3) is 0 Å².